The van der Waals surface area contributed by atoms with Gasteiger partial charge in [-0.3, -0.25) is 14.6 Å². The number of imidazole rings is 1. The molecule has 3 aromatic rings. The smallest absolute Gasteiger partial charge is 0.348 e. The van der Waals surface area contributed by atoms with Crippen LogP contribution < -0.4 is 21.8 Å². The zero-order chi connectivity index (χ0) is 21.4. The van der Waals surface area contributed by atoms with Crippen molar-refractivity contribution in [2.75, 3.05) is 0 Å². The van der Waals surface area contributed by atoms with Crippen molar-refractivity contribution in [3.63, 3.8) is 0 Å². The third-order valence-electron chi connectivity index (χ3n) is 4.08. The molecule has 0 aliphatic heterocycles. The number of aromatic nitrogens is 5. The van der Waals surface area contributed by atoms with E-state index in [1.165, 1.54) is 12.4 Å². The van der Waals surface area contributed by atoms with E-state index in [9.17, 15) is 22.8 Å². The number of pyridine rings is 1. The van der Waals surface area contributed by atoms with Gasteiger partial charge in [0.2, 0.25) is 0 Å². The Balaban J connectivity index is 2.11. The zero-order valence-corrected chi connectivity index (χ0v) is 15.8. The molecule has 0 aromatic carbocycles. The Morgan fingerprint density at radius 2 is 1.59 bits per heavy atom. The number of nitrogens with one attached hydrogen (secondary N) is 3. The summed E-state index contributed by atoms with van der Waals surface area (Å²) >= 11 is 0. The summed E-state index contributed by atoms with van der Waals surface area (Å²) in [7, 11) is 0. The maximum absolute atomic E-state index is 12.8. The second kappa shape index (κ2) is 7.19. The van der Waals surface area contributed by atoms with E-state index in [1.807, 2.05) is 20.8 Å². The van der Waals surface area contributed by atoms with Crippen LogP contribution in [0.25, 0.3) is 12.2 Å². The first-order valence-corrected chi connectivity index (χ1v) is 8.57. The highest BCUT2D eigenvalue weighted by Crippen LogP contribution is 2.28. The van der Waals surface area contributed by atoms with Gasteiger partial charge in [-0.05, 0) is 23.8 Å². The lowest BCUT2D eigenvalue weighted by atomic mass is 9.90. The van der Waals surface area contributed by atoms with Gasteiger partial charge in [-0.15, -0.1) is 0 Å². The van der Waals surface area contributed by atoms with Crippen molar-refractivity contribution in [1.82, 2.24) is 24.9 Å². The third kappa shape index (κ3) is 4.53. The summed E-state index contributed by atoms with van der Waals surface area (Å²) in [6.45, 7) is 5.89. The topological polar surface area (TPSA) is 107 Å². The maximum atomic E-state index is 12.8. The van der Waals surface area contributed by atoms with Gasteiger partial charge in [0.1, 0.15) is 10.7 Å². The Bertz CT molecular complexity index is 1280. The molecule has 0 radical (unpaired) electrons. The van der Waals surface area contributed by atoms with Crippen LogP contribution in [0.2, 0.25) is 0 Å². The number of halogens is 3. The minimum absolute atomic E-state index is 0.0214. The molecule has 0 saturated heterocycles. The van der Waals surface area contributed by atoms with E-state index >= 15 is 0 Å². The van der Waals surface area contributed by atoms with Crippen LogP contribution >= 0.6 is 0 Å². The molecule has 152 valence electrons. The zero-order valence-electron chi connectivity index (χ0n) is 15.8. The standard InChI is InChI=1S/C19H18F3N5O2/c1-18(2,3)15-12(24-9-25-15)6-14-17(29)26-13(16(28)27-14)5-10-4-11(8-23-7-10)19(20,21)22/h4-9H,1-3H3,(H,24,25)(H,26,29)(H,27,28). The SMILES string of the molecule is CC(C)(C)c1[nH]cnc1C=c1[nH]c(=O)c(=Cc2cncc(C(F)(F)F)c2)[nH]c1=O. The van der Waals surface area contributed by atoms with Gasteiger partial charge in [-0.25, -0.2) is 4.98 Å². The van der Waals surface area contributed by atoms with Gasteiger partial charge < -0.3 is 15.0 Å². The Kier molecular flexibility index (Phi) is 5.04. The minimum atomic E-state index is -4.57. The summed E-state index contributed by atoms with van der Waals surface area (Å²) in [5.41, 5.74) is -1.19. The predicted octanol–water partition coefficient (Wildman–Crippen LogP) is 1.16. The Morgan fingerprint density at radius 3 is 2.17 bits per heavy atom. The highest BCUT2D eigenvalue weighted by molar-refractivity contribution is 5.49. The highest BCUT2D eigenvalue weighted by Gasteiger charge is 2.30. The van der Waals surface area contributed by atoms with E-state index in [4.69, 9.17) is 0 Å². The summed E-state index contributed by atoms with van der Waals surface area (Å²) in [5.74, 6) is 0. The van der Waals surface area contributed by atoms with Crippen LogP contribution in [-0.4, -0.2) is 24.9 Å². The molecule has 0 aliphatic rings. The number of hydrogen-bond acceptors (Lipinski definition) is 4. The molecule has 0 aliphatic carbocycles. The first-order chi connectivity index (χ1) is 13.4. The number of hydrogen-bond donors (Lipinski definition) is 3. The number of aromatic amines is 3. The summed E-state index contributed by atoms with van der Waals surface area (Å²) in [6.07, 6.45) is 1.32. The van der Waals surface area contributed by atoms with Crippen molar-refractivity contribution < 1.29 is 13.2 Å². The molecule has 0 saturated carbocycles. The number of H-pyrrole nitrogens is 3. The first-order valence-electron chi connectivity index (χ1n) is 8.57. The van der Waals surface area contributed by atoms with Crippen molar-refractivity contribution in [2.45, 2.75) is 32.4 Å². The fourth-order valence-corrected chi connectivity index (χ4v) is 2.71. The molecular weight excluding hydrogens is 387 g/mol. The lowest BCUT2D eigenvalue weighted by Gasteiger charge is -2.16. The Morgan fingerprint density at radius 1 is 0.966 bits per heavy atom. The molecular formula is C19H18F3N5O2. The van der Waals surface area contributed by atoms with Crippen LogP contribution in [0, 0.1) is 0 Å². The molecule has 3 aromatic heterocycles. The van der Waals surface area contributed by atoms with Crippen LogP contribution in [0.1, 0.15) is 43.3 Å². The van der Waals surface area contributed by atoms with E-state index < -0.39 is 22.9 Å². The molecule has 7 nitrogen and oxygen atoms in total. The fourth-order valence-electron chi connectivity index (χ4n) is 2.71. The second-order valence-corrected chi connectivity index (χ2v) is 7.44. The number of alkyl halides is 3. The van der Waals surface area contributed by atoms with Gasteiger partial charge in [0.15, 0.2) is 0 Å². The number of nitrogens with zero attached hydrogens (tertiary/aromatic N) is 2. The van der Waals surface area contributed by atoms with Crippen molar-refractivity contribution in [2.24, 2.45) is 0 Å². The lowest BCUT2D eigenvalue weighted by molar-refractivity contribution is -0.137. The Hall–Kier alpha value is -3.43. The molecule has 0 bridgehead atoms. The molecule has 3 rings (SSSR count). The molecule has 10 heteroatoms. The van der Waals surface area contributed by atoms with E-state index in [1.54, 1.807) is 0 Å². The normalized spacial score (nSPS) is 13.9. The molecule has 0 fully saturated rings. The average Bonchev–Trinajstić information content (AvgIpc) is 3.07. The van der Waals surface area contributed by atoms with Crippen LogP contribution in [0.15, 0.2) is 34.4 Å². The van der Waals surface area contributed by atoms with Crippen LogP contribution in [-0.2, 0) is 11.6 Å². The molecule has 3 N–H and O–H groups in total. The quantitative estimate of drug-likeness (QED) is 0.595. The van der Waals surface area contributed by atoms with Crippen molar-refractivity contribution in [3.8, 4) is 0 Å². The van der Waals surface area contributed by atoms with Gasteiger partial charge in [-0.1, -0.05) is 20.8 Å². The van der Waals surface area contributed by atoms with E-state index in [0.717, 1.165) is 24.0 Å². The molecule has 0 unspecified atom stereocenters. The van der Waals surface area contributed by atoms with Crippen molar-refractivity contribution >= 4 is 12.2 Å². The van der Waals surface area contributed by atoms with Crippen molar-refractivity contribution in [3.05, 3.63) is 78.7 Å². The second-order valence-electron chi connectivity index (χ2n) is 7.44. The van der Waals surface area contributed by atoms with Gasteiger partial charge >= 0.3 is 6.18 Å². The third-order valence-corrected chi connectivity index (χ3v) is 4.08. The summed E-state index contributed by atoms with van der Waals surface area (Å²) < 4.78 is 38.4. The molecule has 0 amide bonds. The van der Waals surface area contributed by atoms with Crippen molar-refractivity contribution in [1.29, 1.82) is 0 Å². The summed E-state index contributed by atoms with van der Waals surface area (Å²) in [4.78, 5) is 40.3. The van der Waals surface area contributed by atoms with Crippen LogP contribution in [0.3, 0.4) is 0 Å². The maximum Gasteiger partial charge on any atom is 0.417 e. The van der Waals surface area contributed by atoms with E-state index in [2.05, 4.69) is 24.9 Å². The molecule has 29 heavy (non-hydrogen) atoms. The minimum Gasteiger partial charge on any atom is -0.348 e. The molecule has 0 spiro atoms. The largest absolute Gasteiger partial charge is 0.417 e. The predicted molar refractivity (Wildman–Crippen MR) is 101 cm³/mol. The monoisotopic (exact) mass is 405 g/mol. The first kappa shape index (κ1) is 20.3. The van der Waals surface area contributed by atoms with E-state index in [0.29, 0.717) is 11.9 Å². The van der Waals surface area contributed by atoms with E-state index in [-0.39, 0.29) is 21.7 Å². The van der Waals surface area contributed by atoms with Gasteiger partial charge in [0, 0.05) is 23.5 Å². The molecule has 0 atom stereocenters. The molecule has 3 heterocycles. The Labute approximate surface area is 162 Å². The lowest BCUT2D eigenvalue weighted by Crippen LogP contribution is -2.46. The average molecular weight is 405 g/mol. The fraction of sp³-hybridized carbons (Fsp3) is 0.263. The van der Waals surface area contributed by atoms with Gasteiger partial charge in [0.05, 0.1) is 17.6 Å². The van der Waals surface area contributed by atoms with Crippen LogP contribution in [0.5, 0.6) is 0 Å². The summed E-state index contributed by atoms with van der Waals surface area (Å²) in [5, 5.41) is -0.210. The van der Waals surface area contributed by atoms with Gasteiger partial charge in [-0.2, -0.15) is 13.2 Å². The highest BCUT2D eigenvalue weighted by atomic mass is 19.4. The van der Waals surface area contributed by atoms with Gasteiger partial charge in [0.25, 0.3) is 11.1 Å². The summed E-state index contributed by atoms with van der Waals surface area (Å²) in [6, 6.07) is 0.837. The number of rotatable bonds is 2. The van der Waals surface area contributed by atoms with Crippen LogP contribution in [0.4, 0.5) is 13.2 Å².